The third kappa shape index (κ3) is 2.51. The average molecular weight is 298 g/mol. The summed E-state index contributed by atoms with van der Waals surface area (Å²) in [6.07, 6.45) is 6.42. The lowest BCUT2D eigenvalue weighted by atomic mass is 9.54. The molecule has 1 aromatic carbocycles. The Morgan fingerprint density at radius 3 is 2.05 bits per heavy atom. The second-order valence-electron chi connectivity index (χ2n) is 7.25. The van der Waals surface area contributed by atoms with Crippen molar-refractivity contribution in [3.8, 4) is 0 Å². The lowest BCUT2D eigenvalue weighted by molar-refractivity contribution is -0.00936. The summed E-state index contributed by atoms with van der Waals surface area (Å²) in [4.78, 5) is 24.2. The lowest BCUT2D eigenvalue weighted by Crippen LogP contribution is -2.57. The number of carbonyl (C=O) groups is 2. The first-order chi connectivity index (χ1) is 10.7. The van der Waals surface area contributed by atoms with Gasteiger partial charge in [-0.1, -0.05) is 18.2 Å². The Labute approximate surface area is 130 Å². The van der Waals surface area contributed by atoms with Crippen LogP contribution in [0.4, 0.5) is 4.79 Å². The summed E-state index contributed by atoms with van der Waals surface area (Å²) in [6, 6.07) is 8.79. The standard InChI is InChI=1S/C18H22N2O2/c21-17(13-4-2-1-3-5-13)20-18(22)19-16-14-7-11-6-12(9-14)10-15(16)8-11/h1-5,11-12,14-16H,6-10H2,(H2,19,20,21,22). The predicted octanol–water partition coefficient (Wildman–Crippen LogP) is 2.95. The maximum absolute atomic E-state index is 12.2. The first-order valence-electron chi connectivity index (χ1n) is 8.36. The van der Waals surface area contributed by atoms with E-state index in [-0.39, 0.29) is 18.0 Å². The van der Waals surface area contributed by atoms with Crippen molar-refractivity contribution in [2.75, 3.05) is 0 Å². The maximum atomic E-state index is 12.2. The van der Waals surface area contributed by atoms with Crippen LogP contribution in [-0.4, -0.2) is 18.0 Å². The molecule has 5 rings (SSSR count). The fourth-order valence-electron chi connectivity index (χ4n) is 5.11. The van der Waals surface area contributed by atoms with Crippen molar-refractivity contribution in [1.82, 2.24) is 10.6 Å². The van der Waals surface area contributed by atoms with Gasteiger partial charge in [0, 0.05) is 11.6 Å². The van der Waals surface area contributed by atoms with E-state index in [1.807, 2.05) is 6.07 Å². The number of rotatable bonds is 2. The maximum Gasteiger partial charge on any atom is 0.321 e. The molecule has 4 aliphatic carbocycles. The van der Waals surface area contributed by atoms with Crippen LogP contribution < -0.4 is 10.6 Å². The van der Waals surface area contributed by atoms with Crippen LogP contribution in [0.25, 0.3) is 0 Å². The van der Waals surface area contributed by atoms with Crippen LogP contribution >= 0.6 is 0 Å². The molecule has 0 spiro atoms. The molecule has 3 amide bonds. The van der Waals surface area contributed by atoms with Crippen LogP contribution in [0.15, 0.2) is 30.3 Å². The van der Waals surface area contributed by atoms with Crippen LogP contribution in [0.3, 0.4) is 0 Å². The number of imide groups is 1. The molecule has 0 heterocycles. The second kappa shape index (κ2) is 5.41. The zero-order valence-electron chi connectivity index (χ0n) is 12.6. The van der Waals surface area contributed by atoms with Crippen molar-refractivity contribution in [2.24, 2.45) is 23.7 Å². The van der Waals surface area contributed by atoms with E-state index in [9.17, 15) is 9.59 Å². The second-order valence-corrected chi connectivity index (χ2v) is 7.25. The number of nitrogens with one attached hydrogen (secondary N) is 2. The van der Waals surface area contributed by atoms with Crippen molar-refractivity contribution in [3.05, 3.63) is 35.9 Å². The molecule has 4 heteroatoms. The van der Waals surface area contributed by atoms with E-state index in [0.717, 1.165) is 11.8 Å². The molecule has 0 atom stereocenters. The molecule has 2 N–H and O–H groups in total. The van der Waals surface area contributed by atoms with Crippen LogP contribution in [0, 0.1) is 23.7 Å². The van der Waals surface area contributed by atoms with Gasteiger partial charge in [-0.05, 0) is 67.9 Å². The van der Waals surface area contributed by atoms with Crippen LogP contribution in [0.1, 0.15) is 42.5 Å². The van der Waals surface area contributed by atoms with Crippen molar-refractivity contribution < 1.29 is 9.59 Å². The molecular formula is C18H22N2O2. The van der Waals surface area contributed by atoms with Crippen molar-refractivity contribution >= 4 is 11.9 Å². The van der Waals surface area contributed by atoms with Gasteiger partial charge < -0.3 is 5.32 Å². The molecule has 0 aromatic heterocycles. The number of urea groups is 1. The van der Waals surface area contributed by atoms with Crippen LogP contribution in [-0.2, 0) is 0 Å². The molecule has 4 aliphatic rings. The minimum Gasteiger partial charge on any atom is -0.335 e. The highest BCUT2D eigenvalue weighted by Crippen LogP contribution is 2.53. The van der Waals surface area contributed by atoms with Gasteiger partial charge in [0.2, 0.25) is 0 Å². The van der Waals surface area contributed by atoms with Gasteiger partial charge in [-0.2, -0.15) is 0 Å². The van der Waals surface area contributed by atoms with Crippen molar-refractivity contribution in [2.45, 2.75) is 38.1 Å². The van der Waals surface area contributed by atoms with Gasteiger partial charge in [-0.3, -0.25) is 10.1 Å². The summed E-state index contributed by atoms with van der Waals surface area (Å²) in [7, 11) is 0. The highest BCUT2D eigenvalue weighted by atomic mass is 16.2. The molecule has 0 unspecified atom stereocenters. The molecule has 22 heavy (non-hydrogen) atoms. The van der Waals surface area contributed by atoms with Crippen molar-refractivity contribution in [3.63, 3.8) is 0 Å². The molecule has 0 radical (unpaired) electrons. The predicted molar refractivity (Wildman–Crippen MR) is 83.3 cm³/mol. The summed E-state index contributed by atoms with van der Waals surface area (Å²) in [6.45, 7) is 0. The monoisotopic (exact) mass is 298 g/mol. The quantitative estimate of drug-likeness (QED) is 0.882. The largest absolute Gasteiger partial charge is 0.335 e. The Hall–Kier alpha value is -1.84. The van der Waals surface area contributed by atoms with E-state index in [2.05, 4.69) is 10.6 Å². The molecule has 1 aromatic rings. The molecule has 4 fully saturated rings. The Balaban J connectivity index is 1.37. The molecular weight excluding hydrogens is 276 g/mol. The normalized spacial score (nSPS) is 35.2. The Morgan fingerprint density at radius 2 is 1.45 bits per heavy atom. The van der Waals surface area contributed by atoms with Gasteiger partial charge in [-0.15, -0.1) is 0 Å². The Kier molecular flexibility index (Phi) is 3.40. The zero-order valence-corrected chi connectivity index (χ0v) is 12.6. The first kappa shape index (κ1) is 13.8. The summed E-state index contributed by atoms with van der Waals surface area (Å²) in [5, 5.41) is 5.56. The van der Waals surface area contributed by atoms with Gasteiger partial charge in [-0.25, -0.2) is 4.79 Å². The molecule has 4 bridgehead atoms. The molecule has 4 nitrogen and oxygen atoms in total. The fraction of sp³-hybridized carbons (Fsp3) is 0.556. The lowest BCUT2D eigenvalue weighted by Gasteiger charge is -2.54. The van der Waals surface area contributed by atoms with E-state index < -0.39 is 0 Å². The number of amides is 3. The van der Waals surface area contributed by atoms with Crippen LogP contribution in [0.2, 0.25) is 0 Å². The minimum atomic E-state index is -0.341. The Bertz CT molecular complexity index is 556. The summed E-state index contributed by atoms with van der Waals surface area (Å²) in [5.41, 5.74) is 0.516. The number of hydrogen-bond acceptors (Lipinski definition) is 2. The van der Waals surface area contributed by atoms with Gasteiger partial charge >= 0.3 is 6.03 Å². The summed E-state index contributed by atoms with van der Waals surface area (Å²) < 4.78 is 0. The zero-order chi connectivity index (χ0) is 15.1. The van der Waals surface area contributed by atoms with Crippen molar-refractivity contribution in [1.29, 1.82) is 0 Å². The number of benzene rings is 1. The molecule has 4 saturated carbocycles. The minimum absolute atomic E-state index is 0.261. The number of hydrogen-bond donors (Lipinski definition) is 2. The smallest absolute Gasteiger partial charge is 0.321 e. The van der Waals surface area contributed by atoms with E-state index in [0.29, 0.717) is 17.4 Å². The Morgan fingerprint density at radius 1 is 0.864 bits per heavy atom. The number of carbonyl (C=O) groups excluding carboxylic acids is 2. The van der Waals surface area contributed by atoms with Crippen LogP contribution in [0.5, 0.6) is 0 Å². The average Bonchev–Trinajstić information content (AvgIpc) is 2.51. The molecule has 0 saturated heterocycles. The highest BCUT2D eigenvalue weighted by Gasteiger charge is 2.48. The summed E-state index contributed by atoms with van der Waals surface area (Å²) >= 11 is 0. The third-order valence-corrected chi connectivity index (χ3v) is 5.79. The third-order valence-electron chi connectivity index (χ3n) is 5.79. The summed E-state index contributed by atoms with van der Waals surface area (Å²) in [5.74, 6) is 2.67. The van der Waals surface area contributed by atoms with Gasteiger partial charge in [0.15, 0.2) is 0 Å². The van der Waals surface area contributed by atoms with E-state index in [1.54, 1.807) is 24.3 Å². The molecule has 0 aliphatic heterocycles. The first-order valence-corrected chi connectivity index (χ1v) is 8.36. The van der Waals surface area contributed by atoms with E-state index >= 15 is 0 Å². The van der Waals surface area contributed by atoms with E-state index in [1.165, 1.54) is 32.1 Å². The van der Waals surface area contributed by atoms with E-state index in [4.69, 9.17) is 0 Å². The van der Waals surface area contributed by atoms with Gasteiger partial charge in [0.1, 0.15) is 0 Å². The van der Waals surface area contributed by atoms with Gasteiger partial charge in [0.05, 0.1) is 0 Å². The topological polar surface area (TPSA) is 58.2 Å². The SMILES string of the molecule is O=C(NC(=O)c1ccccc1)NC1C2CC3CC(C2)CC1C3. The molecule has 116 valence electrons. The highest BCUT2D eigenvalue weighted by molar-refractivity contribution is 6.04. The fourth-order valence-corrected chi connectivity index (χ4v) is 5.11. The van der Waals surface area contributed by atoms with Gasteiger partial charge in [0.25, 0.3) is 5.91 Å².